The molecule has 0 saturated heterocycles. The maximum absolute atomic E-state index is 5.94. The van der Waals surface area contributed by atoms with Crippen LogP contribution in [0, 0.1) is 0 Å². The third-order valence-electron chi connectivity index (χ3n) is 1.99. The number of nitrogen functional groups attached to an aromatic ring is 1. The average Bonchev–Trinajstić information content (AvgIpc) is 2.33. The van der Waals surface area contributed by atoms with Crippen molar-refractivity contribution in [2.75, 3.05) is 12.8 Å². The van der Waals surface area contributed by atoms with Crippen molar-refractivity contribution in [2.24, 2.45) is 0 Å². The smallest absolute Gasteiger partial charge is 0.192 e. The molecule has 0 atom stereocenters. The molecule has 4 nitrogen and oxygen atoms in total. The van der Waals surface area contributed by atoms with E-state index in [1.54, 1.807) is 25.6 Å². The topological polar surface area (TPSA) is 61.0 Å². The molecule has 1 aromatic carbocycles. The van der Waals surface area contributed by atoms with Gasteiger partial charge < -0.3 is 10.5 Å². The number of nitrogens with two attached hydrogens (primary N) is 1. The molecule has 5 heteroatoms. The van der Waals surface area contributed by atoms with Crippen LogP contribution in [0.15, 0.2) is 46.7 Å². The van der Waals surface area contributed by atoms with E-state index in [-0.39, 0.29) is 0 Å². The van der Waals surface area contributed by atoms with E-state index in [4.69, 9.17) is 10.5 Å². The Bertz CT molecular complexity index is 476. The van der Waals surface area contributed by atoms with Gasteiger partial charge in [0.25, 0.3) is 0 Å². The van der Waals surface area contributed by atoms with Crippen molar-refractivity contribution < 1.29 is 4.74 Å². The Labute approximate surface area is 97.9 Å². The van der Waals surface area contributed by atoms with Crippen molar-refractivity contribution in [3.63, 3.8) is 0 Å². The highest BCUT2D eigenvalue weighted by Gasteiger charge is 2.07. The van der Waals surface area contributed by atoms with Crippen LogP contribution in [-0.2, 0) is 0 Å². The highest BCUT2D eigenvalue weighted by atomic mass is 32.2. The largest absolute Gasteiger partial charge is 0.495 e. The second-order valence-electron chi connectivity index (χ2n) is 3.01. The Morgan fingerprint density at radius 2 is 1.94 bits per heavy atom. The molecule has 0 fully saturated rings. The third-order valence-corrected chi connectivity index (χ3v) is 2.96. The van der Waals surface area contributed by atoms with Crippen LogP contribution in [0.25, 0.3) is 0 Å². The summed E-state index contributed by atoms with van der Waals surface area (Å²) < 4.78 is 5.14. The van der Waals surface area contributed by atoms with Gasteiger partial charge in [-0.2, -0.15) is 0 Å². The second-order valence-corrected chi connectivity index (χ2v) is 4.01. The Morgan fingerprint density at radius 3 is 2.62 bits per heavy atom. The minimum absolute atomic E-state index is 0.613. The molecule has 1 heterocycles. The van der Waals surface area contributed by atoms with E-state index in [0.29, 0.717) is 16.6 Å². The van der Waals surface area contributed by atoms with Gasteiger partial charge in [0.15, 0.2) is 5.16 Å². The van der Waals surface area contributed by atoms with Crippen molar-refractivity contribution in [3.8, 4) is 5.75 Å². The van der Waals surface area contributed by atoms with Gasteiger partial charge in [0.05, 0.1) is 12.8 Å². The summed E-state index contributed by atoms with van der Waals surface area (Å²) in [5, 5.41) is 0.669. The number of anilines is 1. The number of methoxy groups -OCH3 is 1. The standard InChI is InChI=1S/C11H11N3OS/c1-15-8-4-2-5-9(10(8)12)16-11-13-6-3-7-14-11/h2-7H,12H2,1H3. The molecule has 2 aromatic rings. The van der Waals surface area contributed by atoms with Crippen LogP contribution >= 0.6 is 11.8 Å². The highest BCUT2D eigenvalue weighted by Crippen LogP contribution is 2.34. The molecule has 0 saturated carbocycles. The van der Waals surface area contributed by atoms with Crippen molar-refractivity contribution in [2.45, 2.75) is 10.1 Å². The van der Waals surface area contributed by atoms with E-state index >= 15 is 0 Å². The number of hydrogen-bond donors (Lipinski definition) is 1. The number of rotatable bonds is 3. The molecule has 82 valence electrons. The van der Waals surface area contributed by atoms with Crippen LogP contribution in [0.1, 0.15) is 0 Å². The fraction of sp³-hybridized carbons (Fsp3) is 0.0909. The number of nitrogens with zero attached hydrogens (tertiary/aromatic N) is 2. The van der Waals surface area contributed by atoms with Gasteiger partial charge in [0.2, 0.25) is 0 Å². The summed E-state index contributed by atoms with van der Waals surface area (Å²) in [7, 11) is 1.60. The van der Waals surface area contributed by atoms with Crippen LogP contribution in [0.4, 0.5) is 5.69 Å². The average molecular weight is 233 g/mol. The zero-order valence-corrected chi connectivity index (χ0v) is 9.57. The molecule has 0 unspecified atom stereocenters. The first-order valence-electron chi connectivity index (χ1n) is 4.68. The van der Waals surface area contributed by atoms with Crippen molar-refractivity contribution in [1.29, 1.82) is 0 Å². The number of hydrogen-bond acceptors (Lipinski definition) is 5. The maximum Gasteiger partial charge on any atom is 0.192 e. The molecule has 16 heavy (non-hydrogen) atoms. The van der Waals surface area contributed by atoms with Gasteiger partial charge in [0, 0.05) is 17.3 Å². The Kier molecular flexibility index (Phi) is 3.26. The summed E-state index contributed by atoms with van der Waals surface area (Å²) in [5.74, 6) is 0.668. The molecular weight excluding hydrogens is 222 g/mol. The molecule has 0 spiro atoms. The van der Waals surface area contributed by atoms with Crippen LogP contribution in [0.2, 0.25) is 0 Å². The summed E-state index contributed by atoms with van der Waals surface area (Å²) in [6, 6.07) is 7.41. The van der Waals surface area contributed by atoms with Crippen LogP contribution < -0.4 is 10.5 Å². The van der Waals surface area contributed by atoms with E-state index in [2.05, 4.69) is 9.97 Å². The zero-order valence-electron chi connectivity index (χ0n) is 8.75. The molecular formula is C11H11N3OS. The van der Waals surface area contributed by atoms with Gasteiger partial charge in [0.1, 0.15) is 5.75 Å². The van der Waals surface area contributed by atoms with Gasteiger partial charge in [-0.25, -0.2) is 9.97 Å². The van der Waals surface area contributed by atoms with Crippen molar-refractivity contribution >= 4 is 17.4 Å². The summed E-state index contributed by atoms with van der Waals surface area (Å²) >= 11 is 1.42. The van der Waals surface area contributed by atoms with Gasteiger partial charge in [-0.05, 0) is 30.0 Å². The second kappa shape index (κ2) is 4.85. The van der Waals surface area contributed by atoms with Gasteiger partial charge in [-0.1, -0.05) is 6.07 Å². The number of aromatic nitrogens is 2. The van der Waals surface area contributed by atoms with E-state index < -0.39 is 0 Å². The van der Waals surface area contributed by atoms with Crippen LogP contribution in [0.3, 0.4) is 0 Å². The lowest BCUT2D eigenvalue weighted by atomic mass is 10.3. The summed E-state index contributed by atoms with van der Waals surface area (Å²) in [5.41, 5.74) is 6.55. The summed E-state index contributed by atoms with van der Waals surface area (Å²) in [6.45, 7) is 0. The summed E-state index contributed by atoms with van der Waals surface area (Å²) in [6.07, 6.45) is 3.40. The lowest BCUT2D eigenvalue weighted by Crippen LogP contribution is -1.94. The molecule has 2 rings (SSSR count). The number of ether oxygens (including phenoxy) is 1. The summed E-state index contributed by atoms with van der Waals surface area (Å²) in [4.78, 5) is 9.15. The minimum Gasteiger partial charge on any atom is -0.495 e. The predicted molar refractivity (Wildman–Crippen MR) is 63.6 cm³/mol. The van der Waals surface area contributed by atoms with E-state index in [1.165, 1.54) is 11.8 Å². The van der Waals surface area contributed by atoms with Crippen LogP contribution in [0.5, 0.6) is 5.75 Å². The van der Waals surface area contributed by atoms with E-state index in [0.717, 1.165) is 4.90 Å². The van der Waals surface area contributed by atoms with Gasteiger partial charge >= 0.3 is 0 Å². The third kappa shape index (κ3) is 2.25. The first-order chi connectivity index (χ1) is 7.81. The van der Waals surface area contributed by atoms with Gasteiger partial charge in [-0.3, -0.25) is 0 Å². The van der Waals surface area contributed by atoms with Crippen molar-refractivity contribution in [1.82, 2.24) is 9.97 Å². The molecule has 2 N–H and O–H groups in total. The maximum atomic E-state index is 5.94. The van der Waals surface area contributed by atoms with Gasteiger partial charge in [-0.15, -0.1) is 0 Å². The number of benzene rings is 1. The van der Waals surface area contributed by atoms with Crippen LogP contribution in [-0.4, -0.2) is 17.1 Å². The Hall–Kier alpha value is -1.75. The monoisotopic (exact) mass is 233 g/mol. The molecule has 0 amide bonds. The lowest BCUT2D eigenvalue weighted by Gasteiger charge is -2.08. The highest BCUT2D eigenvalue weighted by molar-refractivity contribution is 7.99. The normalized spacial score (nSPS) is 10.1. The van der Waals surface area contributed by atoms with E-state index in [9.17, 15) is 0 Å². The molecule has 0 aliphatic heterocycles. The molecule has 0 aliphatic rings. The fourth-order valence-electron chi connectivity index (χ4n) is 1.23. The minimum atomic E-state index is 0.613. The predicted octanol–water partition coefficient (Wildman–Crippen LogP) is 2.22. The zero-order chi connectivity index (χ0) is 11.4. The molecule has 0 radical (unpaired) electrons. The first kappa shape index (κ1) is 10.8. The SMILES string of the molecule is COc1cccc(Sc2ncccn2)c1N. The number of para-hydroxylation sites is 1. The quantitative estimate of drug-likeness (QED) is 0.650. The molecule has 1 aromatic heterocycles. The molecule has 0 aliphatic carbocycles. The Morgan fingerprint density at radius 1 is 1.19 bits per heavy atom. The van der Waals surface area contributed by atoms with Crippen molar-refractivity contribution in [3.05, 3.63) is 36.7 Å². The Balaban J connectivity index is 2.28. The van der Waals surface area contributed by atoms with E-state index in [1.807, 2.05) is 18.2 Å². The molecule has 0 bridgehead atoms. The lowest BCUT2D eigenvalue weighted by molar-refractivity contribution is 0.416. The first-order valence-corrected chi connectivity index (χ1v) is 5.50. The fourth-order valence-corrected chi connectivity index (χ4v) is 2.01.